The van der Waals surface area contributed by atoms with Gasteiger partial charge in [0.2, 0.25) is 0 Å². The van der Waals surface area contributed by atoms with E-state index < -0.39 is 10.0 Å². The average molecular weight is 272 g/mol. The Labute approximate surface area is 108 Å². The van der Waals surface area contributed by atoms with E-state index in [2.05, 4.69) is 10.2 Å². The summed E-state index contributed by atoms with van der Waals surface area (Å²) in [5.74, 6) is 0. The molecule has 0 saturated carbocycles. The van der Waals surface area contributed by atoms with Gasteiger partial charge in [0.05, 0.1) is 0 Å². The van der Waals surface area contributed by atoms with Crippen LogP contribution in [0.3, 0.4) is 0 Å². The number of hydrogen-bond donors (Lipinski definition) is 2. The van der Waals surface area contributed by atoms with Crippen LogP contribution in [0.5, 0.6) is 0 Å². The smallest absolute Gasteiger partial charge is 0.263 e. The van der Waals surface area contributed by atoms with Crippen LogP contribution >= 0.6 is 0 Å². The van der Waals surface area contributed by atoms with Gasteiger partial charge in [-0.25, -0.2) is 8.42 Å². The highest BCUT2D eigenvalue weighted by atomic mass is 32.2. The largest absolute Gasteiger partial charge is 0.326 e. The number of aromatic amines is 1. The van der Waals surface area contributed by atoms with Gasteiger partial charge in [0, 0.05) is 29.9 Å². The number of nitrogens with two attached hydrogens (primary N) is 1. The van der Waals surface area contributed by atoms with Gasteiger partial charge in [0.15, 0.2) is 5.03 Å². The summed E-state index contributed by atoms with van der Waals surface area (Å²) in [4.78, 5) is 0. The number of aromatic nitrogens is 2. The molecule has 1 saturated heterocycles. The molecule has 1 aliphatic rings. The van der Waals surface area contributed by atoms with Gasteiger partial charge in [0.1, 0.15) is 0 Å². The van der Waals surface area contributed by atoms with E-state index in [1.807, 2.05) is 13.8 Å². The molecule has 1 aromatic heterocycles. The van der Waals surface area contributed by atoms with Crippen molar-refractivity contribution < 1.29 is 8.42 Å². The molecule has 1 fully saturated rings. The summed E-state index contributed by atoms with van der Waals surface area (Å²) in [7, 11) is -3.56. The predicted octanol–water partition coefficient (Wildman–Crippen LogP) is 0.740. The van der Waals surface area contributed by atoms with Crippen molar-refractivity contribution in [2.45, 2.75) is 50.7 Å². The fourth-order valence-electron chi connectivity index (χ4n) is 2.52. The summed E-state index contributed by atoms with van der Waals surface area (Å²) in [6.07, 6.45) is 1.75. The van der Waals surface area contributed by atoms with Crippen LogP contribution in [0, 0.1) is 6.92 Å². The lowest BCUT2D eigenvalue weighted by Crippen LogP contribution is -2.43. The molecule has 0 amide bonds. The second-order valence-electron chi connectivity index (χ2n) is 5.33. The van der Waals surface area contributed by atoms with Crippen LogP contribution in [0.2, 0.25) is 0 Å². The molecule has 2 rings (SSSR count). The van der Waals surface area contributed by atoms with Gasteiger partial charge >= 0.3 is 0 Å². The monoisotopic (exact) mass is 272 g/mol. The minimum Gasteiger partial charge on any atom is -0.326 e. The molecule has 7 heteroatoms. The number of aryl methyl sites for hydroxylation is 1. The van der Waals surface area contributed by atoms with Crippen molar-refractivity contribution in [1.82, 2.24) is 14.5 Å². The minimum absolute atomic E-state index is 0.0810. The molecule has 0 spiro atoms. The number of hydrogen-bond acceptors (Lipinski definition) is 4. The summed E-state index contributed by atoms with van der Waals surface area (Å²) < 4.78 is 26.8. The van der Waals surface area contributed by atoms with Crippen molar-refractivity contribution in [1.29, 1.82) is 0 Å². The Morgan fingerprint density at radius 3 is 2.67 bits per heavy atom. The number of H-pyrrole nitrogens is 1. The van der Waals surface area contributed by atoms with Crippen LogP contribution in [0.25, 0.3) is 0 Å². The third kappa shape index (κ3) is 1.96. The van der Waals surface area contributed by atoms with Crippen LogP contribution in [0.1, 0.15) is 37.9 Å². The molecule has 0 bridgehead atoms. The molecule has 0 aromatic carbocycles. The van der Waals surface area contributed by atoms with Gasteiger partial charge < -0.3 is 5.73 Å². The van der Waals surface area contributed by atoms with Crippen LogP contribution in [0.15, 0.2) is 5.03 Å². The van der Waals surface area contributed by atoms with Crippen LogP contribution in [-0.2, 0) is 16.6 Å². The highest BCUT2D eigenvalue weighted by Gasteiger charge is 2.42. The van der Waals surface area contributed by atoms with E-state index in [9.17, 15) is 8.42 Å². The Kier molecular flexibility index (Phi) is 3.25. The van der Waals surface area contributed by atoms with Gasteiger partial charge in [-0.15, -0.1) is 0 Å². The topological polar surface area (TPSA) is 92.1 Å². The molecular weight excluding hydrogens is 252 g/mol. The maximum atomic E-state index is 12.6. The Morgan fingerprint density at radius 2 is 2.17 bits per heavy atom. The molecule has 0 aliphatic carbocycles. The zero-order valence-electron chi connectivity index (χ0n) is 11.0. The van der Waals surface area contributed by atoms with E-state index in [1.165, 1.54) is 4.31 Å². The molecule has 102 valence electrons. The van der Waals surface area contributed by atoms with E-state index in [0.717, 1.165) is 12.8 Å². The maximum Gasteiger partial charge on any atom is 0.263 e. The van der Waals surface area contributed by atoms with E-state index >= 15 is 0 Å². The quantitative estimate of drug-likeness (QED) is 0.849. The number of nitrogens with zero attached hydrogens (tertiary/aromatic N) is 2. The van der Waals surface area contributed by atoms with Crippen molar-refractivity contribution in [2.24, 2.45) is 5.73 Å². The van der Waals surface area contributed by atoms with Crippen LogP contribution < -0.4 is 5.73 Å². The number of rotatable bonds is 3. The summed E-state index contributed by atoms with van der Waals surface area (Å²) in [5.41, 5.74) is 6.56. The van der Waals surface area contributed by atoms with Crippen molar-refractivity contribution in [3.8, 4) is 0 Å². The Balaban J connectivity index is 2.49. The van der Waals surface area contributed by atoms with Gasteiger partial charge in [0.25, 0.3) is 10.0 Å². The lowest BCUT2D eigenvalue weighted by atomic mass is 10.0. The van der Waals surface area contributed by atoms with Gasteiger partial charge in [-0.1, -0.05) is 0 Å². The van der Waals surface area contributed by atoms with Crippen LogP contribution in [-0.4, -0.2) is 35.0 Å². The van der Waals surface area contributed by atoms with Gasteiger partial charge in [-0.05, 0) is 33.6 Å². The molecule has 18 heavy (non-hydrogen) atoms. The lowest BCUT2D eigenvalue weighted by Gasteiger charge is -2.29. The zero-order valence-corrected chi connectivity index (χ0v) is 11.8. The van der Waals surface area contributed by atoms with E-state index in [-0.39, 0.29) is 17.1 Å². The maximum absolute atomic E-state index is 12.6. The van der Waals surface area contributed by atoms with Crippen molar-refractivity contribution >= 4 is 10.0 Å². The summed E-state index contributed by atoms with van der Waals surface area (Å²) in [6, 6.07) is 0. The molecule has 3 N–H and O–H groups in total. The molecule has 0 unspecified atom stereocenters. The molecule has 1 aromatic rings. The fourth-order valence-corrected chi connectivity index (χ4v) is 4.55. The lowest BCUT2D eigenvalue weighted by molar-refractivity contribution is 0.290. The molecule has 0 atom stereocenters. The predicted molar refractivity (Wildman–Crippen MR) is 68.4 cm³/mol. The van der Waals surface area contributed by atoms with Crippen molar-refractivity contribution in [3.05, 3.63) is 11.3 Å². The van der Waals surface area contributed by atoms with E-state index in [0.29, 0.717) is 17.8 Å². The van der Waals surface area contributed by atoms with Crippen molar-refractivity contribution in [3.63, 3.8) is 0 Å². The molecular formula is C11H20N4O2S. The number of nitrogens with one attached hydrogen (secondary N) is 1. The third-order valence-electron chi connectivity index (χ3n) is 3.60. The molecule has 6 nitrogen and oxygen atoms in total. The van der Waals surface area contributed by atoms with Gasteiger partial charge in [-0.3, -0.25) is 5.10 Å². The minimum atomic E-state index is -3.56. The first-order chi connectivity index (χ1) is 8.30. The first kappa shape index (κ1) is 13.5. The summed E-state index contributed by atoms with van der Waals surface area (Å²) >= 11 is 0. The normalized spacial score (nSPS) is 20.4. The van der Waals surface area contributed by atoms with Crippen LogP contribution in [0.4, 0.5) is 0 Å². The van der Waals surface area contributed by atoms with E-state index in [4.69, 9.17) is 5.73 Å². The Morgan fingerprint density at radius 1 is 1.50 bits per heavy atom. The molecule has 0 radical (unpaired) electrons. The SMILES string of the molecule is Cc1[nH]nc(S(=O)(=O)N2CCCC2(C)C)c1CN. The summed E-state index contributed by atoms with van der Waals surface area (Å²) in [6.45, 7) is 6.39. The highest BCUT2D eigenvalue weighted by Crippen LogP contribution is 2.34. The molecule has 1 aliphatic heterocycles. The standard InChI is InChI=1S/C11H20N4O2S/c1-8-9(7-12)10(14-13-8)18(16,17)15-6-4-5-11(15,2)3/h4-7,12H2,1-3H3,(H,13,14). The fraction of sp³-hybridized carbons (Fsp3) is 0.727. The Bertz CT molecular complexity index is 547. The third-order valence-corrected chi connectivity index (χ3v) is 5.68. The van der Waals surface area contributed by atoms with Crippen molar-refractivity contribution in [2.75, 3.05) is 6.54 Å². The van der Waals surface area contributed by atoms with Gasteiger partial charge in [-0.2, -0.15) is 9.40 Å². The second-order valence-corrected chi connectivity index (χ2v) is 7.11. The highest BCUT2D eigenvalue weighted by molar-refractivity contribution is 7.89. The second kappa shape index (κ2) is 4.32. The first-order valence-electron chi connectivity index (χ1n) is 6.07. The zero-order chi connectivity index (χ0) is 13.6. The first-order valence-corrected chi connectivity index (χ1v) is 7.51. The molecule has 2 heterocycles. The average Bonchev–Trinajstić information content (AvgIpc) is 2.81. The number of sulfonamides is 1. The summed E-state index contributed by atoms with van der Waals surface area (Å²) in [5, 5.41) is 6.72. The Hall–Kier alpha value is -0.920. The van der Waals surface area contributed by atoms with E-state index in [1.54, 1.807) is 6.92 Å².